The predicted molar refractivity (Wildman–Crippen MR) is 127 cm³/mol. The van der Waals surface area contributed by atoms with E-state index >= 15 is 0 Å². The van der Waals surface area contributed by atoms with E-state index in [1.807, 2.05) is 36.4 Å². The lowest BCUT2D eigenvalue weighted by molar-refractivity contribution is 0.0519. The van der Waals surface area contributed by atoms with Gasteiger partial charge < -0.3 is 9.47 Å². The third-order valence-electron chi connectivity index (χ3n) is 4.98. The molecule has 0 unspecified atom stereocenters. The molecule has 0 amide bonds. The van der Waals surface area contributed by atoms with Gasteiger partial charge in [0.1, 0.15) is 23.9 Å². The highest BCUT2D eigenvalue weighted by Gasteiger charge is 2.16. The second kappa shape index (κ2) is 10.3. The van der Waals surface area contributed by atoms with E-state index in [2.05, 4.69) is 4.98 Å². The number of rotatable bonds is 7. The molecule has 0 aliphatic heterocycles. The van der Waals surface area contributed by atoms with Crippen molar-refractivity contribution in [3.8, 4) is 28.1 Å². The molecule has 4 rings (SSSR count). The second-order valence-corrected chi connectivity index (χ2v) is 7.67. The average molecular weight is 462 g/mol. The van der Waals surface area contributed by atoms with Gasteiger partial charge in [-0.3, -0.25) is 0 Å². The Kier molecular flexibility index (Phi) is 7.01. The molecule has 6 heteroatoms. The van der Waals surface area contributed by atoms with Crippen molar-refractivity contribution in [2.24, 2.45) is 0 Å². The van der Waals surface area contributed by atoms with E-state index in [4.69, 9.17) is 21.1 Å². The summed E-state index contributed by atoms with van der Waals surface area (Å²) in [5.41, 5.74) is 4.15. The van der Waals surface area contributed by atoms with Crippen molar-refractivity contribution in [3.05, 3.63) is 107 Å². The van der Waals surface area contributed by atoms with Gasteiger partial charge in [-0.25, -0.2) is 14.2 Å². The van der Waals surface area contributed by atoms with Gasteiger partial charge in [0.05, 0.1) is 12.3 Å². The number of benzene rings is 3. The maximum atomic E-state index is 13.2. The molecular formula is C27H21ClFNO3. The van der Waals surface area contributed by atoms with Crippen LogP contribution in [0.25, 0.3) is 22.4 Å². The number of hydrogen-bond donors (Lipinski definition) is 0. The molecule has 4 nitrogen and oxygen atoms in total. The first-order valence-corrected chi connectivity index (χ1v) is 10.8. The van der Waals surface area contributed by atoms with Crippen molar-refractivity contribution in [2.45, 2.75) is 13.5 Å². The number of hydrogen-bond acceptors (Lipinski definition) is 4. The Bertz CT molecular complexity index is 1270. The summed E-state index contributed by atoms with van der Waals surface area (Å²) in [6.45, 7) is 2.30. The first-order valence-electron chi connectivity index (χ1n) is 10.5. The zero-order chi connectivity index (χ0) is 23.2. The van der Waals surface area contributed by atoms with Crippen LogP contribution in [0.5, 0.6) is 5.75 Å². The van der Waals surface area contributed by atoms with Crippen molar-refractivity contribution in [3.63, 3.8) is 0 Å². The Balaban J connectivity index is 1.72. The summed E-state index contributed by atoms with van der Waals surface area (Å²) in [5.74, 6) is -0.141. The van der Waals surface area contributed by atoms with Gasteiger partial charge in [-0.05, 0) is 60.5 Å². The van der Waals surface area contributed by atoms with Gasteiger partial charge in [0, 0.05) is 16.1 Å². The van der Waals surface area contributed by atoms with Crippen molar-refractivity contribution in [1.29, 1.82) is 0 Å². The van der Waals surface area contributed by atoms with Crippen LogP contribution in [0.4, 0.5) is 4.39 Å². The summed E-state index contributed by atoms with van der Waals surface area (Å²) in [6.07, 6.45) is 0. The minimum atomic E-state index is -0.470. The molecule has 0 bridgehead atoms. The van der Waals surface area contributed by atoms with Crippen LogP contribution in [0.15, 0.2) is 84.9 Å². The zero-order valence-electron chi connectivity index (χ0n) is 17.9. The highest BCUT2D eigenvalue weighted by atomic mass is 35.5. The Morgan fingerprint density at radius 3 is 2.42 bits per heavy atom. The largest absolute Gasteiger partial charge is 0.488 e. The van der Waals surface area contributed by atoms with Crippen molar-refractivity contribution in [1.82, 2.24) is 4.98 Å². The van der Waals surface area contributed by atoms with Crippen molar-refractivity contribution >= 4 is 17.6 Å². The van der Waals surface area contributed by atoms with E-state index in [-0.39, 0.29) is 24.7 Å². The highest BCUT2D eigenvalue weighted by molar-refractivity contribution is 6.31. The molecule has 0 N–H and O–H groups in total. The van der Waals surface area contributed by atoms with Gasteiger partial charge in [-0.15, -0.1) is 0 Å². The third kappa shape index (κ3) is 5.38. The van der Waals surface area contributed by atoms with Crippen LogP contribution in [0, 0.1) is 5.82 Å². The summed E-state index contributed by atoms with van der Waals surface area (Å²) < 4.78 is 24.4. The molecule has 1 aromatic heterocycles. The minimum absolute atomic E-state index is 0.239. The summed E-state index contributed by atoms with van der Waals surface area (Å²) in [5, 5.41) is 0.558. The zero-order valence-corrected chi connectivity index (χ0v) is 18.7. The van der Waals surface area contributed by atoms with Crippen LogP contribution >= 0.6 is 11.6 Å². The highest BCUT2D eigenvalue weighted by Crippen LogP contribution is 2.38. The molecular weight excluding hydrogens is 441 g/mol. The van der Waals surface area contributed by atoms with Gasteiger partial charge in [-0.2, -0.15) is 0 Å². The minimum Gasteiger partial charge on any atom is -0.488 e. The number of esters is 1. The fourth-order valence-electron chi connectivity index (χ4n) is 3.43. The van der Waals surface area contributed by atoms with E-state index in [9.17, 15) is 9.18 Å². The molecule has 1 heterocycles. The van der Waals surface area contributed by atoms with Crippen LogP contribution < -0.4 is 4.74 Å². The van der Waals surface area contributed by atoms with Crippen molar-refractivity contribution < 1.29 is 18.7 Å². The van der Waals surface area contributed by atoms with E-state index in [0.29, 0.717) is 16.5 Å². The topological polar surface area (TPSA) is 48.4 Å². The van der Waals surface area contributed by atoms with Gasteiger partial charge in [0.25, 0.3) is 0 Å². The van der Waals surface area contributed by atoms with Crippen LogP contribution in [0.1, 0.15) is 23.0 Å². The monoisotopic (exact) mass is 461 g/mol. The van der Waals surface area contributed by atoms with Crippen LogP contribution in [0.3, 0.4) is 0 Å². The number of aromatic nitrogens is 1. The Hall–Kier alpha value is -3.70. The molecule has 0 saturated heterocycles. The molecule has 166 valence electrons. The number of pyridine rings is 1. The molecule has 0 aliphatic rings. The Labute approximate surface area is 196 Å². The Morgan fingerprint density at radius 1 is 0.909 bits per heavy atom. The molecule has 0 atom stereocenters. The number of ether oxygens (including phenoxy) is 2. The summed E-state index contributed by atoms with van der Waals surface area (Å²) >= 11 is 6.33. The lowest BCUT2D eigenvalue weighted by Gasteiger charge is -2.15. The number of carbonyl (C=O) groups is 1. The molecule has 3 aromatic carbocycles. The van der Waals surface area contributed by atoms with Gasteiger partial charge in [0.15, 0.2) is 0 Å². The van der Waals surface area contributed by atoms with E-state index in [1.54, 1.807) is 43.3 Å². The number of nitrogens with zero attached hydrogens (tertiary/aromatic N) is 1. The molecule has 0 saturated carbocycles. The van der Waals surface area contributed by atoms with Gasteiger partial charge in [0.2, 0.25) is 0 Å². The summed E-state index contributed by atoms with van der Waals surface area (Å²) in [4.78, 5) is 16.7. The maximum Gasteiger partial charge on any atom is 0.356 e. The SMILES string of the molecule is CCOC(=O)c1cccc(-c2ccccc2-c2cc(Cl)ccc2OCc2ccc(F)cc2)n1. The molecule has 0 fully saturated rings. The lowest BCUT2D eigenvalue weighted by atomic mass is 9.96. The maximum absolute atomic E-state index is 13.2. The molecule has 4 aromatic rings. The fraction of sp³-hybridized carbons (Fsp3) is 0.111. The Morgan fingerprint density at radius 2 is 1.67 bits per heavy atom. The summed E-state index contributed by atoms with van der Waals surface area (Å²) in [6, 6.07) is 24.5. The number of halogens is 2. The van der Waals surface area contributed by atoms with Gasteiger partial charge >= 0.3 is 5.97 Å². The van der Waals surface area contributed by atoms with Crippen LogP contribution in [0.2, 0.25) is 5.02 Å². The molecule has 33 heavy (non-hydrogen) atoms. The number of carbonyl (C=O) groups excluding carboxylic acids is 1. The quantitative estimate of drug-likeness (QED) is 0.279. The summed E-state index contributed by atoms with van der Waals surface area (Å²) in [7, 11) is 0. The van der Waals surface area contributed by atoms with Crippen LogP contribution in [-0.4, -0.2) is 17.6 Å². The fourth-order valence-corrected chi connectivity index (χ4v) is 3.60. The van der Waals surface area contributed by atoms with Crippen LogP contribution in [-0.2, 0) is 11.3 Å². The third-order valence-corrected chi connectivity index (χ3v) is 5.21. The predicted octanol–water partition coefficient (Wildman–Crippen LogP) is 6.96. The first-order chi connectivity index (χ1) is 16.0. The smallest absolute Gasteiger partial charge is 0.356 e. The lowest BCUT2D eigenvalue weighted by Crippen LogP contribution is -2.07. The second-order valence-electron chi connectivity index (χ2n) is 7.23. The van der Waals surface area contributed by atoms with Gasteiger partial charge in [-0.1, -0.05) is 54.1 Å². The molecule has 0 radical (unpaired) electrons. The van der Waals surface area contributed by atoms with E-state index in [1.165, 1.54) is 12.1 Å². The molecule has 0 aliphatic carbocycles. The van der Waals surface area contributed by atoms with E-state index < -0.39 is 5.97 Å². The van der Waals surface area contributed by atoms with E-state index in [0.717, 1.165) is 22.3 Å². The molecule has 0 spiro atoms. The average Bonchev–Trinajstić information content (AvgIpc) is 2.84. The normalized spacial score (nSPS) is 10.6. The standard InChI is InChI=1S/C27H21ClFNO3/c1-2-32-27(31)25-9-5-8-24(30-25)22-7-4-3-6-21(22)23-16-19(28)12-15-26(23)33-17-18-10-13-20(29)14-11-18/h3-16H,2,17H2,1H3. The first kappa shape index (κ1) is 22.5. The van der Waals surface area contributed by atoms with Crippen molar-refractivity contribution in [2.75, 3.05) is 6.61 Å².